The van der Waals surface area contributed by atoms with Gasteiger partial charge in [0, 0.05) is 19.5 Å². The first-order chi connectivity index (χ1) is 11.4. The number of aryl methyl sites for hydroxylation is 1. The molecule has 0 atom stereocenters. The van der Waals surface area contributed by atoms with E-state index in [9.17, 15) is 8.42 Å². The highest BCUT2D eigenvalue weighted by Crippen LogP contribution is 2.25. The van der Waals surface area contributed by atoms with E-state index in [4.69, 9.17) is 4.42 Å². The predicted octanol–water partition coefficient (Wildman–Crippen LogP) is 3.74. The van der Waals surface area contributed by atoms with Crippen LogP contribution in [0, 0.1) is 6.92 Å². The van der Waals surface area contributed by atoms with Gasteiger partial charge in [0.25, 0.3) is 0 Å². The highest BCUT2D eigenvalue weighted by atomic mass is 32.2. The highest BCUT2D eigenvalue weighted by molar-refractivity contribution is 7.89. The second-order valence-corrected chi connectivity index (χ2v) is 7.88. The Morgan fingerprint density at radius 2 is 1.83 bits per heavy atom. The Kier molecular flexibility index (Phi) is 4.43. The summed E-state index contributed by atoms with van der Waals surface area (Å²) in [5.74, 6) is 0.518. The van der Waals surface area contributed by atoms with Crippen molar-refractivity contribution in [3.8, 4) is 0 Å². The average molecular weight is 344 g/mol. The molecule has 0 bridgehead atoms. The normalized spacial score (nSPS) is 12.4. The lowest BCUT2D eigenvalue weighted by Gasteiger charge is -2.26. The van der Waals surface area contributed by atoms with Crippen molar-refractivity contribution in [2.45, 2.75) is 38.3 Å². The Bertz CT molecular complexity index is 947. The van der Waals surface area contributed by atoms with Gasteiger partial charge in [0.2, 0.25) is 10.0 Å². The van der Waals surface area contributed by atoms with Crippen molar-refractivity contribution < 1.29 is 12.8 Å². The van der Waals surface area contributed by atoms with Gasteiger partial charge in [-0.25, -0.2) is 13.4 Å². The minimum Gasteiger partial charge on any atom is -0.441 e. The molecule has 24 heavy (non-hydrogen) atoms. The lowest BCUT2D eigenvalue weighted by molar-refractivity contribution is 0.348. The molecule has 5 nitrogen and oxygen atoms in total. The summed E-state index contributed by atoms with van der Waals surface area (Å²) in [6, 6.07) is 14.2. The monoisotopic (exact) mass is 344 g/mol. The van der Waals surface area contributed by atoms with Gasteiger partial charge in [-0.1, -0.05) is 30.3 Å². The molecule has 1 aromatic heterocycles. The molecule has 0 saturated carbocycles. The van der Waals surface area contributed by atoms with Crippen molar-refractivity contribution in [3.63, 3.8) is 0 Å². The maximum absolute atomic E-state index is 13.1. The number of aromatic nitrogens is 1. The molecule has 0 amide bonds. The number of oxazole rings is 1. The number of hydrogen-bond donors (Lipinski definition) is 0. The Labute approximate surface area is 142 Å². The van der Waals surface area contributed by atoms with Crippen molar-refractivity contribution in [2.24, 2.45) is 0 Å². The van der Waals surface area contributed by atoms with E-state index in [1.54, 1.807) is 25.1 Å². The van der Waals surface area contributed by atoms with E-state index in [1.165, 1.54) is 4.31 Å². The Morgan fingerprint density at radius 1 is 1.12 bits per heavy atom. The van der Waals surface area contributed by atoms with Gasteiger partial charge in [-0.3, -0.25) is 0 Å². The molecule has 0 N–H and O–H groups in total. The maximum atomic E-state index is 13.1. The third-order valence-electron chi connectivity index (χ3n) is 3.83. The fourth-order valence-electron chi connectivity index (χ4n) is 2.63. The summed E-state index contributed by atoms with van der Waals surface area (Å²) in [5, 5.41) is 0. The standard InChI is InChI=1S/C18H20N2O3S/c1-13(2)20(12-15-7-5-4-6-8-15)24(21,22)16-9-10-18-17(11-16)19-14(3)23-18/h4-11,13H,12H2,1-3H3. The number of fused-ring (bicyclic) bond motifs is 1. The van der Waals surface area contributed by atoms with Crippen molar-refractivity contribution in [3.05, 3.63) is 60.0 Å². The summed E-state index contributed by atoms with van der Waals surface area (Å²) in [6.45, 7) is 5.82. The molecule has 2 aromatic carbocycles. The molecule has 126 valence electrons. The molecule has 0 aliphatic carbocycles. The number of rotatable bonds is 5. The average Bonchev–Trinajstić information content (AvgIpc) is 2.92. The SMILES string of the molecule is Cc1nc2cc(S(=O)(=O)N(Cc3ccccc3)C(C)C)ccc2o1. The van der Waals surface area contributed by atoms with Gasteiger partial charge in [-0.05, 0) is 37.6 Å². The fraction of sp³-hybridized carbons (Fsp3) is 0.278. The van der Waals surface area contributed by atoms with E-state index in [-0.39, 0.29) is 10.9 Å². The molecule has 0 unspecified atom stereocenters. The molecule has 3 rings (SSSR count). The van der Waals surface area contributed by atoms with Crippen molar-refractivity contribution >= 4 is 21.1 Å². The van der Waals surface area contributed by atoms with E-state index in [0.717, 1.165) is 5.56 Å². The highest BCUT2D eigenvalue weighted by Gasteiger charge is 2.27. The lowest BCUT2D eigenvalue weighted by atomic mass is 10.2. The van der Waals surface area contributed by atoms with E-state index in [0.29, 0.717) is 23.5 Å². The largest absolute Gasteiger partial charge is 0.441 e. The second kappa shape index (κ2) is 6.37. The van der Waals surface area contributed by atoms with E-state index in [1.807, 2.05) is 44.2 Å². The summed E-state index contributed by atoms with van der Waals surface area (Å²) in [7, 11) is -3.63. The number of nitrogens with zero attached hydrogens (tertiary/aromatic N) is 2. The van der Waals surface area contributed by atoms with Gasteiger partial charge in [0.15, 0.2) is 11.5 Å². The smallest absolute Gasteiger partial charge is 0.243 e. The van der Waals surface area contributed by atoms with E-state index >= 15 is 0 Å². The molecular formula is C18H20N2O3S. The van der Waals surface area contributed by atoms with Crippen LogP contribution in [-0.4, -0.2) is 23.7 Å². The molecule has 3 aromatic rings. The van der Waals surface area contributed by atoms with Crippen molar-refractivity contribution in [1.29, 1.82) is 0 Å². The van der Waals surface area contributed by atoms with Crippen molar-refractivity contribution in [2.75, 3.05) is 0 Å². The minimum atomic E-state index is -3.63. The van der Waals surface area contributed by atoms with Gasteiger partial charge in [0.1, 0.15) is 5.52 Å². The summed E-state index contributed by atoms with van der Waals surface area (Å²) in [4.78, 5) is 4.46. The topological polar surface area (TPSA) is 63.4 Å². The number of hydrogen-bond acceptors (Lipinski definition) is 4. The third-order valence-corrected chi connectivity index (χ3v) is 5.85. The van der Waals surface area contributed by atoms with Crippen LogP contribution in [0.4, 0.5) is 0 Å². The van der Waals surface area contributed by atoms with Gasteiger partial charge in [-0.15, -0.1) is 0 Å². The summed E-state index contributed by atoms with van der Waals surface area (Å²) >= 11 is 0. The third kappa shape index (κ3) is 3.20. The molecule has 0 aliphatic heterocycles. The quantitative estimate of drug-likeness (QED) is 0.707. The van der Waals surface area contributed by atoms with Crippen LogP contribution in [0.5, 0.6) is 0 Å². The maximum Gasteiger partial charge on any atom is 0.243 e. The Morgan fingerprint density at radius 3 is 2.50 bits per heavy atom. The van der Waals surface area contributed by atoms with Gasteiger partial charge in [0.05, 0.1) is 4.90 Å². The molecular weight excluding hydrogens is 324 g/mol. The molecule has 6 heteroatoms. The minimum absolute atomic E-state index is 0.162. The van der Waals surface area contributed by atoms with Gasteiger partial charge in [-0.2, -0.15) is 4.31 Å². The zero-order chi connectivity index (χ0) is 17.3. The number of benzene rings is 2. The Balaban J connectivity index is 2.00. The molecule has 1 heterocycles. The van der Waals surface area contributed by atoms with Crippen LogP contribution < -0.4 is 0 Å². The first-order valence-electron chi connectivity index (χ1n) is 7.81. The first-order valence-corrected chi connectivity index (χ1v) is 9.25. The van der Waals surface area contributed by atoms with E-state index < -0.39 is 10.0 Å². The Hall–Kier alpha value is -2.18. The molecule has 0 spiro atoms. The predicted molar refractivity (Wildman–Crippen MR) is 93.1 cm³/mol. The van der Waals surface area contributed by atoms with Crippen LogP contribution in [0.15, 0.2) is 57.8 Å². The summed E-state index contributed by atoms with van der Waals surface area (Å²) in [6.07, 6.45) is 0. The van der Waals surface area contributed by atoms with Crippen molar-refractivity contribution in [1.82, 2.24) is 9.29 Å². The molecule has 0 fully saturated rings. The molecule has 0 saturated heterocycles. The first kappa shape index (κ1) is 16.7. The van der Waals surface area contributed by atoms with Crippen LogP contribution >= 0.6 is 0 Å². The zero-order valence-corrected chi connectivity index (χ0v) is 14.7. The van der Waals surface area contributed by atoms with Crippen LogP contribution in [0.3, 0.4) is 0 Å². The number of sulfonamides is 1. The molecule has 0 radical (unpaired) electrons. The fourth-order valence-corrected chi connectivity index (χ4v) is 4.27. The van der Waals surface area contributed by atoms with Crippen LogP contribution in [0.1, 0.15) is 25.3 Å². The lowest BCUT2D eigenvalue weighted by Crippen LogP contribution is -2.36. The van der Waals surface area contributed by atoms with E-state index in [2.05, 4.69) is 4.98 Å². The summed E-state index contributed by atoms with van der Waals surface area (Å²) < 4.78 is 33.1. The summed E-state index contributed by atoms with van der Waals surface area (Å²) in [5.41, 5.74) is 2.09. The van der Waals surface area contributed by atoms with Crippen LogP contribution in [0.25, 0.3) is 11.1 Å². The van der Waals surface area contributed by atoms with Crippen LogP contribution in [-0.2, 0) is 16.6 Å². The van der Waals surface area contributed by atoms with Gasteiger partial charge >= 0.3 is 0 Å². The van der Waals surface area contributed by atoms with Crippen LogP contribution in [0.2, 0.25) is 0 Å². The zero-order valence-electron chi connectivity index (χ0n) is 13.9. The second-order valence-electron chi connectivity index (χ2n) is 5.99. The van der Waals surface area contributed by atoms with Gasteiger partial charge < -0.3 is 4.42 Å². The molecule has 0 aliphatic rings.